The van der Waals surface area contributed by atoms with Crippen molar-refractivity contribution in [1.29, 1.82) is 0 Å². The van der Waals surface area contributed by atoms with Crippen molar-refractivity contribution >= 4 is 34.1 Å². The zero-order valence-electron chi connectivity index (χ0n) is 26.4. The van der Waals surface area contributed by atoms with Gasteiger partial charge in [-0.2, -0.15) is 0 Å². The molecule has 2 heterocycles. The van der Waals surface area contributed by atoms with Gasteiger partial charge >= 0.3 is 0 Å². The first-order valence-electron chi connectivity index (χ1n) is 16.2. The Morgan fingerprint density at radius 2 is 1.04 bits per heavy atom. The van der Waals surface area contributed by atoms with Crippen LogP contribution in [0.15, 0.2) is 164 Å². The maximum Gasteiger partial charge on any atom is 0.0750 e. The highest BCUT2D eigenvalue weighted by Crippen LogP contribution is 2.62. The Morgan fingerprint density at radius 1 is 0.447 bits per heavy atom. The summed E-state index contributed by atoms with van der Waals surface area (Å²) in [5.41, 5.74) is 16.2. The smallest absolute Gasteiger partial charge is 0.0750 e. The zero-order valence-corrected chi connectivity index (χ0v) is 26.4. The second-order valence-electron chi connectivity index (χ2n) is 12.8. The lowest BCUT2D eigenvalue weighted by atomic mass is 9.80. The van der Waals surface area contributed by atoms with Crippen molar-refractivity contribution in [3.63, 3.8) is 0 Å². The molecule has 0 radical (unpaired) electrons. The van der Waals surface area contributed by atoms with Crippen LogP contribution >= 0.6 is 0 Å². The number of para-hydroxylation sites is 2. The molecule has 0 atom stereocenters. The third kappa shape index (κ3) is 4.24. The second kappa shape index (κ2) is 10.6. The van der Waals surface area contributed by atoms with Gasteiger partial charge in [0.2, 0.25) is 0 Å². The summed E-state index contributed by atoms with van der Waals surface area (Å²) in [4.78, 5) is 10.1. The summed E-state index contributed by atoms with van der Waals surface area (Å²) in [5, 5.41) is 0. The number of aromatic nitrogens is 1. The number of hydrogen-bond donors (Lipinski definition) is 0. The Kier molecular flexibility index (Phi) is 6.16. The van der Waals surface area contributed by atoms with Gasteiger partial charge in [-0.3, -0.25) is 0 Å². The number of fused-ring (bicyclic) bond motifs is 6. The molecule has 47 heavy (non-hydrogen) atoms. The molecule has 7 aromatic rings. The Labute approximate surface area is 276 Å². The number of benzene rings is 6. The summed E-state index contributed by atoms with van der Waals surface area (Å²) in [6.07, 6.45) is 0. The van der Waals surface area contributed by atoms with Crippen LogP contribution in [0.1, 0.15) is 25.0 Å². The van der Waals surface area contributed by atoms with Gasteiger partial charge in [-0.1, -0.05) is 123 Å². The minimum Gasteiger partial charge on any atom is -0.306 e. The molecule has 3 nitrogen and oxygen atoms in total. The summed E-state index contributed by atoms with van der Waals surface area (Å²) >= 11 is 0. The molecule has 0 N–H and O–H groups in total. The van der Waals surface area contributed by atoms with Crippen molar-refractivity contribution in [3.05, 3.63) is 175 Å². The Balaban J connectivity index is 1.32. The molecule has 9 rings (SSSR count). The number of pyridine rings is 1. The average molecular weight is 604 g/mol. The van der Waals surface area contributed by atoms with Crippen LogP contribution in [0.3, 0.4) is 0 Å². The highest BCUT2D eigenvalue weighted by molar-refractivity contribution is 6.06. The molecule has 2 aliphatic rings. The fraction of sp³-hybridized carbons (Fsp3) is 0.0682. The van der Waals surface area contributed by atoms with Gasteiger partial charge in [-0.05, 0) is 76.9 Å². The van der Waals surface area contributed by atoms with Crippen molar-refractivity contribution in [2.24, 2.45) is 0 Å². The standard InChI is InChI=1S/C44H33N3/c1-44(2)36-22-13-12-21-34(36)35-26-28-40-43(42(35)44)47(33-19-10-5-11-20-33)39-27-25-31(29-41(39)46(40)32-17-8-4-9-18-32)38-24-14-23-37(45-38)30-15-6-3-7-16-30/h3-29H,1-2H3. The van der Waals surface area contributed by atoms with Gasteiger partial charge in [0.05, 0.1) is 34.1 Å². The van der Waals surface area contributed by atoms with E-state index in [9.17, 15) is 0 Å². The number of hydrogen-bond acceptors (Lipinski definition) is 3. The maximum absolute atomic E-state index is 5.14. The second-order valence-corrected chi connectivity index (χ2v) is 12.8. The van der Waals surface area contributed by atoms with Crippen LogP contribution in [0.4, 0.5) is 34.1 Å². The van der Waals surface area contributed by atoms with Gasteiger partial charge in [-0.15, -0.1) is 0 Å². The Morgan fingerprint density at radius 3 is 1.77 bits per heavy atom. The van der Waals surface area contributed by atoms with Crippen molar-refractivity contribution in [1.82, 2.24) is 4.98 Å². The van der Waals surface area contributed by atoms with Crippen LogP contribution in [0.2, 0.25) is 0 Å². The average Bonchev–Trinajstić information content (AvgIpc) is 3.37. The third-order valence-electron chi connectivity index (χ3n) is 9.74. The molecule has 6 aromatic carbocycles. The number of rotatable bonds is 4. The topological polar surface area (TPSA) is 19.4 Å². The van der Waals surface area contributed by atoms with E-state index < -0.39 is 0 Å². The lowest BCUT2D eigenvalue weighted by Crippen LogP contribution is -2.28. The van der Waals surface area contributed by atoms with Gasteiger partial charge < -0.3 is 9.80 Å². The molecule has 0 spiro atoms. The van der Waals surface area contributed by atoms with Crippen LogP contribution in [0.25, 0.3) is 33.6 Å². The summed E-state index contributed by atoms with van der Waals surface area (Å²) in [5.74, 6) is 0. The van der Waals surface area contributed by atoms with E-state index in [1.54, 1.807) is 0 Å². The van der Waals surface area contributed by atoms with Crippen LogP contribution < -0.4 is 9.80 Å². The van der Waals surface area contributed by atoms with Gasteiger partial charge in [0.15, 0.2) is 0 Å². The van der Waals surface area contributed by atoms with E-state index in [2.05, 4.69) is 181 Å². The fourth-order valence-corrected chi connectivity index (χ4v) is 7.61. The number of nitrogens with zero attached hydrogens (tertiary/aromatic N) is 3. The van der Waals surface area contributed by atoms with E-state index in [1.807, 2.05) is 6.07 Å². The molecule has 224 valence electrons. The first kappa shape index (κ1) is 27.4. The quantitative estimate of drug-likeness (QED) is 0.199. The first-order chi connectivity index (χ1) is 23.1. The predicted molar refractivity (Wildman–Crippen MR) is 196 cm³/mol. The molecule has 0 unspecified atom stereocenters. The van der Waals surface area contributed by atoms with Crippen molar-refractivity contribution in [2.75, 3.05) is 9.80 Å². The van der Waals surface area contributed by atoms with E-state index in [0.29, 0.717) is 0 Å². The van der Waals surface area contributed by atoms with Crippen LogP contribution in [0, 0.1) is 0 Å². The summed E-state index contributed by atoms with van der Waals surface area (Å²) in [6, 6.07) is 58.6. The Hall–Kier alpha value is -5.93. The fourth-order valence-electron chi connectivity index (χ4n) is 7.61. The van der Waals surface area contributed by atoms with Gasteiger partial charge in [0, 0.05) is 27.9 Å². The molecular weight excluding hydrogens is 571 g/mol. The SMILES string of the molecule is CC1(C)c2ccccc2-c2ccc3c(c21)N(c1ccccc1)c1ccc(-c2cccc(-c4ccccc4)n2)cc1N3c1ccccc1. The van der Waals surface area contributed by atoms with E-state index in [4.69, 9.17) is 4.98 Å². The van der Waals surface area contributed by atoms with E-state index in [0.717, 1.165) is 51.0 Å². The first-order valence-corrected chi connectivity index (χ1v) is 16.2. The highest BCUT2D eigenvalue weighted by atomic mass is 15.3. The summed E-state index contributed by atoms with van der Waals surface area (Å²) in [7, 11) is 0. The minimum absolute atomic E-state index is 0.189. The molecule has 3 heteroatoms. The van der Waals surface area contributed by atoms with Crippen LogP contribution in [-0.4, -0.2) is 4.98 Å². The molecule has 0 amide bonds. The van der Waals surface area contributed by atoms with E-state index in [1.165, 1.54) is 27.9 Å². The third-order valence-corrected chi connectivity index (χ3v) is 9.74. The number of anilines is 6. The van der Waals surface area contributed by atoms with Crippen molar-refractivity contribution < 1.29 is 0 Å². The van der Waals surface area contributed by atoms with Crippen molar-refractivity contribution in [3.8, 4) is 33.6 Å². The predicted octanol–water partition coefficient (Wildman–Crippen LogP) is 12.0. The largest absolute Gasteiger partial charge is 0.306 e. The molecule has 0 saturated carbocycles. The highest BCUT2D eigenvalue weighted by Gasteiger charge is 2.43. The van der Waals surface area contributed by atoms with Crippen LogP contribution in [-0.2, 0) is 5.41 Å². The van der Waals surface area contributed by atoms with Crippen molar-refractivity contribution in [2.45, 2.75) is 19.3 Å². The molecule has 1 aromatic heterocycles. The zero-order chi connectivity index (χ0) is 31.5. The van der Waals surface area contributed by atoms with Gasteiger partial charge in [0.25, 0.3) is 0 Å². The van der Waals surface area contributed by atoms with Crippen LogP contribution in [0.5, 0.6) is 0 Å². The molecular formula is C44H33N3. The molecule has 0 saturated heterocycles. The maximum atomic E-state index is 5.14. The monoisotopic (exact) mass is 603 g/mol. The summed E-state index contributed by atoms with van der Waals surface area (Å²) < 4.78 is 0. The Bertz CT molecular complexity index is 2270. The normalized spacial score (nSPS) is 13.8. The summed E-state index contributed by atoms with van der Waals surface area (Å²) in [6.45, 7) is 4.75. The van der Waals surface area contributed by atoms with E-state index in [-0.39, 0.29) is 5.41 Å². The minimum atomic E-state index is -0.189. The lowest BCUT2D eigenvalue weighted by Gasteiger charge is -2.43. The van der Waals surface area contributed by atoms with E-state index >= 15 is 0 Å². The molecule has 0 bridgehead atoms. The molecule has 1 aliphatic carbocycles. The van der Waals surface area contributed by atoms with Gasteiger partial charge in [-0.25, -0.2) is 4.98 Å². The molecule has 0 fully saturated rings. The lowest BCUT2D eigenvalue weighted by molar-refractivity contribution is 0.660. The van der Waals surface area contributed by atoms with Gasteiger partial charge in [0.1, 0.15) is 0 Å². The molecule has 1 aliphatic heterocycles.